The Bertz CT molecular complexity index is 718. The van der Waals surface area contributed by atoms with Crippen LogP contribution in [0, 0.1) is 0 Å². The summed E-state index contributed by atoms with van der Waals surface area (Å²) < 4.78 is 17.9. The number of halogens is 1. The maximum Gasteiger partial charge on any atom is 0.213 e. The molecule has 2 aromatic heterocycles. The lowest BCUT2D eigenvalue weighted by atomic mass is 10.2. The molecule has 0 radical (unpaired) electrons. The SMILES string of the molecule is FCCCN(Cc1ncco1)c1ccnc(-c2ccccc2)n1. The highest BCUT2D eigenvalue weighted by atomic mass is 19.1. The van der Waals surface area contributed by atoms with Crippen LogP contribution in [-0.2, 0) is 6.54 Å². The van der Waals surface area contributed by atoms with E-state index in [1.165, 1.54) is 6.26 Å². The van der Waals surface area contributed by atoms with Crippen LogP contribution in [0.3, 0.4) is 0 Å². The first kappa shape index (κ1) is 15.1. The summed E-state index contributed by atoms with van der Waals surface area (Å²) in [6.07, 6.45) is 5.25. The molecule has 118 valence electrons. The number of hydrogen-bond acceptors (Lipinski definition) is 5. The van der Waals surface area contributed by atoms with Gasteiger partial charge in [-0.3, -0.25) is 4.39 Å². The highest BCUT2D eigenvalue weighted by molar-refractivity contribution is 5.56. The molecular weight excluding hydrogens is 295 g/mol. The minimum absolute atomic E-state index is 0.376. The summed E-state index contributed by atoms with van der Waals surface area (Å²) in [4.78, 5) is 15.0. The molecular formula is C17H17FN4O. The molecule has 0 saturated heterocycles. The van der Waals surface area contributed by atoms with E-state index in [1.807, 2.05) is 41.3 Å². The van der Waals surface area contributed by atoms with Crippen LogP contribution in [0.25, 0.3) is 11.4 Å². The Labute approximate surface area is 133 Å². The molecule has 0 amide bonds. The van der Waals surface area contributed by atoms with Gasteiger partial charge >= 0.3 is 0 Å². The van der Waals surface area contributed by atoms with Gasteiger partial charge in [0.25, 0.3) is 0 Å². The van der Waals surface area contributed by atoms with E-state index in [2.05, 4.69) is 15.0 Å². The summed E-state index contributed by atoms with van der Waals surface area (Å²) in [5.41, 5.74) is 0.941. The molecule has 0 unspecified atom stereocenters. The quantitative estimate of drug-likeness (QED) is 0.668. The van der Waals surface area contributed by atoms with Gasteiger partial charge in [-0.05, 0) is 12.5 Å². The second-order valence-corrected chi connectivity index (χ2v) is 4.99. The van der Waals surface area contributed by atoms with Gasteiger partial charge in [0, 0.05) is 18.3 Å². The lowest BCUT2D eigenvalue weighted by Gasteiger charge is -2.22. The predicted octanol–water partition coefficient (Wildman–Crippen LogP) is 3.50. The van der Waals surface area contributed by atoms with Gasteiger partial charge in [-0.25, -0.2) is 15.0 Å². The molecule has 0 aliphatic heterocycles. The summed E-state index contributed by atoms with van der Waals surface area (Å²) in [6.45, 7) is 0.598. The minimum atomic E-state index is -0.376. The number of nitrogens with zero attached hydrogens (tertiary/aromatic N) is 4. The third-order valence-electron chi connectivity index (χ3n) is 3.37. The Morgan fingerprint density at radius 3 is 2.65 bits per heavy atom. The van der Waals surface area contributed by atoms with Crippen molar-refractivity contribution in [3.8, 4) is 11.4 Å². The fourth-order valence-corrected chi connectivity index (χ4v) is 2.27. The van der Waals surface area contributed by atoms with Gasteiger partial charge in [0.15, 0.2) is 5.82 Å². The Kier molecular flexibility index (Phi) is 4.93. The second-order valence-electron chi connectivity index (χ2n) is 4.99. The fourth-order valence-electron chi connectivity index (χ4n) is 2.27. The molecule has 3 aromatic rings. The zero-order chi connectivity index (χ0) is 15.9. The van der Waals surface area contributed by atoms with Crippen LogP contribution in [-0.4, -0.2) is 28.2 Å². The van der Waals surface area contributed by atoms with Crippen molar-refractivity contribution < 1.29 is 8.81 Å². The number of alkyl halides is 1. The molecule has 23 heavy (non-hydrogen) atoms. The van der Waals surface area contributed by atoms with Gasteiger partial charge < -0.3 is 9.32 Å². The summed E-state index contributed by atoms with van der Waals surface area (Å²) >= 11 is 0. The van der Waals surface area contributed by atoms with Gasteiger partial charge in [0.2, 0.25) is 5.89 Å². The lowest BCUT2D eigenvalue weighted by Crippen LogP contribution is -2.25. The van der Waals surface area contributed by atoms with E-state index < -0.39 is 0 Å². The first-order valence-electron chi connectivity index (χ1n) is 7.44. The molecule has 0 aliphatic rings. The van der Waals surface area contributed by atoms with E-state index in [0.717, 1.165) is 11.4 Å². The number of hydrogen-bond donors (Lipinski definition) is 0. The second kappa shape index (κ2) is 7.49. The third kappa shape index (κ3) is 3.91. The first-order valence-corrected chi connectivity index (χ1v) is 7.44. The summed E-state index contributed by atoms with van der Waals surface area (Å²) in [7, 11) is 0. The van der Waals surface area contributed by atoms with Crippen molar-refractivity contribution in [2.24, 2.45) is 0 Å². The Hall–Kier alpha value is -2.76. The van der Waals surface area contributed by atoms with Crippen LogP contribution in [0.2, 0.25) is 0 Å². The molecule has 5 nitrogen and oxygen atoms in total. The number of rotatable bonds is 7. The van der Waals surface area contributed by atoms with Crippen LogP contribution in [0.5, 0.6) is 0 Å². The topological polar surface area (TPSA) is 55.1 Å². The van der Waals surface area contributed by atoms with Gasteiger partial charge in [-0.2, -0.15) is 0 Å². The number of benzene rings is 1. The largest absolute Gasteiger partial charge is 0.447 e. The van der Waals surface area contributed by atoms with E-state index in [4.69, 9.17) is 4.42 Å². The van der Waals surface area contributed by atoms with Crippen LogP contribution in [0.4, 0.5) is 10.2 Å². The summed E-state index contributed by atoms with van der Waals surface area (Å²) in [5, 5.41) is 0. The van der Waals surface area contributed by atoms with Crippen molar-refractivity contribution >= 4 is 5.82 Å². The van der Waals surface area contributed by atoms with Crippen LogP contribution in [0.15, 0.2) is 59.5 Å². The van der Waals surface area contributed by atoms with Gasteiger partial charge in [-0.1, -0.05) is 30.3 Å². The normalized spacial score (nSPS) is 10.7. The van der Waals surface area contributed by atoms with Crippen LogP contribution < -0.4 is 4.90 Å². The van der Waals surface area contributed by atoms with Crippen LogP contribution in [0.1, 0.15) is 12.3 Å². The average Bonchev–Trinajstić information content (AvgIpc) is 3.12. The Morgan fingerprint density at radius 2 is 1.91 bits per heavy atom. The minimum Gasteiger partial charge on any atom is -0.447 e. The molecule has 0 saturated carbocycles. The molecule has 0 bridgehead atoms. The highest BCUT2D eigenvalue weighted by Crippen LogP contribution is 2.19. The lowest BCUT2D eigenvalue weighted by molar-refractivity contribution is 0.455. The number of aromatic nitrogens is 3. The number of anilines is 1. The average molecular weight is 312 g/mol. The predicted molar refractivity (Wildman–Crippen MR) is 85.6 cm³/mol. The molecule has 0 fully saturated rings. The van der Waals surface area contributed by atoms with Crippen molar-refractivity contribution in [3.63, 3.8) is 0 Å². The Morgan fingerprint density at radius 1 is 1.04 bits per heavy atom. The monoisotopic (exact) mass is 312 g/mol. The summed E-state index contributed by atoms with van der Waals surface area (Å²) in [5.74, 6) is 1.94. The van der Waals surface area contributed by atoms with E-state index in [-0.39, 0.29) is 6.67 Å². The molecule has 3 rings (SSSR count). The maximum absolute atomic E-state index is 12.6. The van der Waals surface area contributed by atoms with Gasteiger partial charge in [-0.15, -0.1) is 0 Å². The molecule has 2 heterocycles. The van der Waals surface area contributed by atoms with E-state index in [0.29, 0.717) is 31.2 Å². The fraction of sp³-hybridized carbons (Fsp3) is 0.235. The zero-order valence-corrected chi connectivity index (χ0v) is 12.6. The highest BCUT2D eigenvalue weighted by Gasteiger charge is 2.13. The van der Waals surface area contributed by atoms with Crippen molar-refractivity contribution in [2.75, 3.05) is 18.1 Å². The molecule has 0 aliphatic carbocycles. The van der Waals surface area contributed by atoms with Crippen molar-refractivity contribution in [2.45, 2.75) is 13.0 Å². The Balaban J connectivity index is 1.86. The van der Waals surface area contributed by atoms with E-state index >= 15 is 0 Å². The molecule has 0 atom stereocenters. The standard InChI is InChI=1S/C17H17FN4O/c18-8-4-11-22(13-16-19-10-12-23-16)15-7-9-20-17(21-15)14-5-2-1-3-6-14/h1-3,5-7,9-10,12H,4,8,11,13H2. The first-order chi connectivity index (χ1) is 11.4. The van der Waals surface area contributed by atoms with Crippen molar-refractivity contribution in [1.29, 1.82) is 0 Å². The molecule has 6 heteroatoms. The third-order valence-corrected chi connectivity index (χ3v) is 3.37. The molecule has 0 N–H and O–H groups in total. The summed E-state index contributed by atoms with van der Waals surface area (Å²) in [6, 6.07) is 11.6. The molecule has 1 aromatic carbocycles. The maximum atomic E-state index is 12.6. The van der Waals surface area contributed by atoms with E-state index in [1.54, 1.807) is 12.4 Å². The van der Waals surface area contributed by atoms with Gasteiger partial charge in [0.05, 0.1) is 19.4 Å². The van der Waals surface area contributed by atoms with E-state index in [9.17, 15) is 4.39 Å². The van der Waals surface area contributed by atoms with Gasteiger partial charge in [0.1, 0.15) is 12.1 Å². The molecule has 0 spiro atoms. The zero-order valence-electron chi connectivity index (χ0n) is 12.6. The number of oxazole rings is 1. The van der Waals surface area contributed by atoms with Crippen molar-refractivity contribution in [1.82, 2.24) is 15.0 Å². The van der Waals surface area contributed by atoms with Crippen molar-refractivity contribution in [3.05, 3.63) is 60.9 Å². The smallest absolute Gasteiger partial charge is 0.213 e. The van der Waals surface area contributed by atoms with Crippen LogP contribution >= 0.6 is 0 Å².